The van der Waals surface area contributed by atoms with Gasteiger partial charge in [0.05, 0.1) is 25.2 Å². The van der Waals surface area contributed by atoms with Crippen molar-refractivity contribution in [3.63, 3.8) is 0 Å². The highest BCUT2D eigenvalue weighted by Gasteiger charge is 2.15. The van der Waals surface area contributed by atoms with E-state index >= 15 is 0 Å². The minimum Gasteiger partial charge on any atom is -0.462 e. The van der Waals surface area contributed by atoms with Gasteiger partial charge in [0.15, 0.2) is 10.8 Å². The topological polar surface area (TPSA) is 63.4 Å². The van der Waals surface area contributed by atoms with Crippen molar-refractivity contribution < 1.29 is 9.15 Å². The molecule has 7 heteroatoms. The fourth-order valence-corrected chi connectivity index (χ4v) is 3.64. The SMILES string of the molecule is c1coc(-c2nc(CNCc3cccnc3N3CCOCC3)cs2)c1. The molecule has 1 saturated heterocycles. The summed E-state index contributed by atoms with van der Waals surface area (Å²) in [5, 5.41) is 6.45. The summed E-state index contributed by atoms with van der Waals surface area (Å²) in [4.78, 5) is 11.5. The molecular formula is C18H20N4O2S. The van der Waals surface area contributed by atoms with Crippen LogP contribution in [0.2, 0.25) is 0 Å². The molecule has 3 aromatic heterocycles. The molecule has 1 aliphatic heterocycles. The van der Waals surface area contributed by atoms with Crippen LogP contribution in [-0.4, -0.2) is 36.3 Å². The van der Waals surface area contributed by atoms with E-state index in [4.69, 9.17) is 9.15 Å². The van der Waals surface area contributed by atoms with Gasteiger partial charge in [0.25, 0.3) is 0 Å². The van der Waals surface area contributed by atoms with Crippen molar-refractivity contribution in [3.8, 4) is 10.8 Å². The fourth-order valence-electron chi connectivity index (χ4n) is 2.85. The summed E-state index contributed by atoms with van der Waals surface area (Å²) in [5.74, 6) is 1.87. The number of pyridine rings is 1. The van der Waals surface area contributed by atoms with E-state index in [0.717, 1.165) is 55.1 Å². The first-order valence-corrected chi connectivity index (χ1v) is 9.24. The van der Waals surface area contributed by atoms with Gasteiger partial charge in [0.2, 0.25) is 0 Å². The highest BCUT2D eigenvalue weighted by atomic mass is 32.1. The second-order valence-electron chi connectivity index (χ2n) is 5.81. The van der Waals surface area contributed by atoms with E-state index in [1.165, 1.54) is 5.56 Å². The monoisotopic (exact) mass is 356 g/mol. The summed E-state index contributed by atoms with van der Waals surface area (Å²) in [6, 6.07) is 7.92. The molecule has 1 fully saturated rings. The molecule has 0 radical (unpaired) electrons. The van der Waals surface area contributed by atoms with Crippen LogP contribution in [-0.2, 0) is 17.8 Å². The van der Waals surface area contributed by atoms with Crippen molar-refractivity contribution in [2.24, 2.45) is 0 Å². The van der Waals surface area contributed by atoms with Crippen molar-refractivity contribution in [3.05, 3.63) is 53.4 Å². The Balaban J connectivity index is 1.37. The first-order chi connectivity index (χ1) is 12.4. The Bertz CT molecular complexity index is 797. The Labute approximate surface area is 150 Å². The molecule has 130 valence electrons. The Morgan fingerprint density at radius 3 is 2.92 bits per heavy atom. The number of morpholine rings is 1. The zero-order valence-electron chi connectivity index (χ0n) is 13.9. The van der Waals surface area contributed by atoms with Crippen molar-refractivity contribution in [1.82, 2.24) is 15.3 Å². The number of thiazole rings is 1. The molecule has 1 N–H and O–H groups in total. The van der Waals surface area contributed by atoms with Crippen molar-refractivity contribution in [2.45, 2.75) is 13.1 Å². The molecule has 1 aliphatic rings. The molecule has 4 rings (SSSR count). The quantitative estimate of drug-likeness (QED) is 0.733. The van der Waals surface area contributed by atoms with E-state index in [1.54, 1.807) is 17.6 Å². The summed E-state index contributed by atoms with van der Waals surface area (Å²) < 4.78 is 10.8. The third-order valence-corrected chi connectivity index (χ3v) is 4.99. The van der Waals surface area contributed by atoms with Gasteiger partial charge in [-0.15, -0.1) is 11.3 Å². The molecule has 0 aliphatic carbocycles. The van der Waals surface area contributed by atoms with Crippen LogP contribution in [0, 0.1) is 0 Å². The number of anilines is 1. The molecule has 0 aromatic carbocycles. The summed E-state index contributed by atoms with van der Waals surface area (Å²) in [6.07, 6.45) is 3.52. The molecule has 3 aromatic rings. The third kappa shape index (κ3) is 3.89. The van der Waals surface area contributed by atoms with Gasteiger partial charge in [-0.2, -0.15) is 0 Å². The van der Waals surface area contributed by atoms with Gasteiger partial charge in [0.1, 0.15) is 5.82 Å². The summed E-state index contributed by atoms with van der Waals surface area (Å²) in [5.41, 5.74) is 2.22. The third-order valence-electron chi connectivity index (χ3n) is 4.08. The molecule has 6 nitrogen and oxygen atoms in total. The van der Waals surface area contributed by atoms with Gasteiger partial charge < -0.3 is 19.4 Å². The smallest absolute Gasteiger partial charge is 0.162 e. The Hall–Kier alpha value is -2.22. The Kier molecular flexibility index (Phi) is 5.06. The van der Waals surface area contributed by atoms with Crippen molar-refractivity contribution in [1.29, 1.82) is 0 Å². The molecule has 0 spiro atoms. The number of furan rings is 1. The maximum atomic E-state index is 5.43. The van der Waals surface area contributed by atoms with Crippen LogP contribution in [0.15, 0.2) is 46.5 Å². The molecule has 25 heavy (non-hydrogen) atoms. The zero-order chi connectivity index (χ0) is 16.9. The predicted molar refractivity (Wildman–Crippen MR) is 97.6 cm³/mol. The van der Waals surface area contributed by atoms with Gasteiger partial charge >= 0.3 is 0 Å². The number of rotatable bonds is 6. The number of aromatic nitrogens is 2. The second kappa shape index (κ2) is 7.77. The van der Waals surface area contributed by atoms with E-state index in [2.05, 4.69) is 31.6 Å². The van der Waals surface area contributed by atoms with Crippen molar-refractivity contribution >= 4 is 17.2 Å². The van der Waals surface area contributed by atoms with Crippen LogP contribution in [0.1, 0.15) is 11.3 Å². The van der Waals surface area contributed by atoms with E-state index < -0.39 is 0 Å². The zero-order valence-corrected chi connectivity index (χ0v) is 14.7. The van der Waals surface area contributed by atoms with E-state index in [0.29, 0.717) is 6.54 Å². The summed E-state index contributed by atoms with van der Waals surface area (Å²) >= 11 is 1.60. The number of nitrogens with one attached hydrogen (secondary N) is 1. The van der Waals surface area contributed by atoms with Crippen molar-refractivity contribution in [2.75, 3.05) is 31.2 Å². The lowest BCUT2D eigenvalue weighted by Gasteiger charge is -2.29. The van der Waals surface area contributed by atoms with Crippen LogP contribution in [0.4, 0.5) is 5.82 Å². The number of nitrogens with zero attached hydrogens (tertiary/aromatic N) is 3. The Morgan fingerprint density at radius 1 is 1.16 bits per heavy atom. The molecule has 0 atom stereocenters. The normalized spacial score (nSPS) is 14.8. The van der Waals surface area contributed by atoms with Gasteiger partial charge in [-0.1, -0.05) is 6.07 Å². The van der Waals surface area contributed by atoms with Crippen LogP contribution in [0.25, 0.3) is 10.8 Å². The molecule has 0 bridgehead atoms. The minimum absolute atomic E-state index is 0.717. The lowest BCUT2D eigenvalue weighted by molar-refractivity contribution is 0.122. The molecule has 0 saturated carbocycles. The average molecular weight is 356 g/mol. The van der Waals surface area contributed by atoms with Crippen LogP contribution in [0.5, 0.6) is 0 Å². The minimum atomic E-state index is 0.717. The van der Waals surface area contributed by atoms with Gasteiger partial charge in [-0.3, -0.25) is 0 Å². The van der Waals surface area contributed by atoms with Gasteiger partial charge in [-0.25, -0.2) is 9.97 Å². The van der Waals surface area contributed by atoms with Crippen LogP contribution in [0.3, 0.4) is 0 Å². The lowest BCUT2D eigenvalue weighted by Crippen LogP contribution is -2.37. The highest BCUT2D eigenvalue weighted by molar-refractivity contribution is 7.13. The van der Waals surface area contributed by atoms with E-state index in [-0.39, 0.29) is 0 Å². The Morgan fingerprint density at radius 2 is 2.08 bits per heavy atom. The lowest BCUT2D eigenvalue weighted by atomic mass is 10.2. The first-order valence-electron chi connectivity index (χ1n) is 8.36. The summed E-state index contributed by atoms with van der Waals surface area (Å²) in [7, 11) is 0. The highest BCUT2D eigenvalue weighted by Crippen LogP contribution is 2.24. The molecular weight excluding hydrogens is 336 g/mol. The number of hydrogen-bond donors (Lipinski definition) is 1. The maximum absolute atomic E-state index is 5.43. The van der Waals surface area contributed by atoms with Crippen LogP contribution >= 0.6 is 11.3 Å². The standard InChI is InChI=1S/C18H20N4O2S/c1-3-14(17(20-5-1)22-6-9-23-10-7-22)11-19-12-15-13-25-18(21-15)16-4-2-8-24-16/h1-5,8,13,19H,6-7,9-12H2. The number of hydrogen-bond acceptors (Lipinski definition) is 7. The summed E-state index contributed by atoms with van der Waals surface area (Å²) in [6.45, 7) is 4.78. The molecule has 0 unspecified atom stereocenters. The molecule has 4 heterocycles. The molecule has 0 amide bonds. The predicted octanol–water partition coefficient (Wildman–Crippen LogP) is 2.92. The van der Waals surface area contributed by atoms with Gasteiger partial charge in [-0.05, 0) is 18.2 Å². The number of ether oxygens (including phenoxy) is 1. The second-order valence-corrected chi connectivity index (χ2v) is 6.67. The first kappa shape index (κ1) is 16.3. The van der Waals surface area contributed by atoms with E-state index in [9.17, 15) is 0 Å². The fraction of sp³-hybridized carbons (Fsp3) is 0.333. The average Bonchev–Trinajstić information content (AvgIpc) is 3.35. The largest absolute Gasteiger partial charge is 0.462 e. The maximum Gasteiger partial charge on any atom is 0.162 e. The van der Waals surface area contributed by atoms with Gasteiger partial charge in [0, 0.05) is 43.3 Å². The van der Waals surface area contributed by atoms with E-state index in [1.807, 2.05) is 24.4 Å². The van der Waals surface area contributed by atoms with Crippen LogP contribution < -0.4 is 10.2 Å².